The molecule has 23 heavy (non-hydrogen) atoms. The SMILES string of the molecule is C[C@@H]1CC(C)(C)N(C)c2cc(Cl)c(/C=C3/NC(=O)NC3=O)cc21. The fourth-order valence-electron chi connectivity index (χ4n) is 3.35. The minimum absolute atomic E-state index is 0.0645. The summed E-state index contributed by atoms with van der Waals surface area (Å²) in [6, 6.07) is 3.44. The van der Waals surface area contributed by atoms with Crippen LogP contribution in [0.4, 0.5) is 10.5 Å². The molecule has 6 heteroatoms. The molecule has 2 N–H and O–H groups in total. The van der Waals surface area contributed by atoms with Gasteiger partial charge in [0.2, 0.25) is 0 Å². The maximum absolute atomic E-state index is 11.7. The van der Waals surface area contributed by atoms with E-state index in [1.807, 2.05) is 12.1 Å². The van der Waals surface area contributed by atoms with Crippen molar-refractivity contribution in [1.82, 2.24) is 10.6 Å². The third kappa shape index (κ3) is 2.70. The molecule has 2 heterocycles. The van der Waals surface area contributed by atoms with Crippen LogP contribution in [0.25, 0.3) is 6.08 Å². The van der Waals surface area contributed by atoms with Gasteiger partial charge in [0.1, 0.15) is 5.70 Å². The number of nitrogens with one attached hydrogen (secondary N) is 2. The number of rotatable bonds is 1. The molecule has 1 fully saturated rings. The van der Waals surface area contributed by atoms with E-state index in [1.165, 1.54) is 5.56 Å². The van der Waals surface area contributed by atoms with Gasteiger partial charge in [0.15, 0.2) is 0 Å². The largest absolute Gasteiger partial charge is 0.369 e. The summed E-state index contributed by atoms with van der Waals surface area (Å²) in [6.45, 7) is 6.63. The Labute approximate surface area is 140 Å². The van der Waals surface area contributed by atoms with Crippen molar-refractivity contribution in [3.63, 3.8) is 0 Å². The number of anilines is 1. The van der Waals surface area contributed by atoms with Crippen LogP contribution in [0.2, 0.25) is 5.02 Å². The summed E-state index contributed by atoms with van der Waals surface area (Å²) in [5.74, 6) is -0.0484. The third-order valence-electron chi connectivity index (χ3n) is 4.77. The summed E-state index contributed by atoms with van der Waals surface area (Å²) < 4.78 is 0. The molecular formula is C17H20ClN3O2. The Morgan fingerprint density at radius 2 is 2.00 bits per heavy atom. The van der Waals surface area contributed by atoms with Crippen molar-refractivity contribution in [1.29, 1.82) is 0 Å². The van der Waals surface area contributed by atoms with Gasteiger partial charge in [0.25, 0.3) is 5.91 Å². The molecule has 0 aromatic heterocycles. The lowest BCUT2D eigenvalue weighted by Crippen LogP contribution is -2.45. The first kappa shape index (κ1) is 15.9. The highest BCUT2D eigenvalue weighted by Gasteiger charge is 2.34. The van der Waals surface area contributed by atoms with Gasteiger partial charge in [-0.25, -0.2) is 4.79 Å². The Morgan fingerprint density at radius 1 is 1.30 bits per heavy atom. The number of fused-ring (bicyclic) bond motifs is 1. The lowest BCUT2D eigenvalue weighted by molar-refractivity contribution is -0.115. The molecule has 0 aliphatic carbocycles. The zero-order valence-corrected chi connectivity index (χ0v) is 14.4. The zero-order chi connectivity index (χ0) is 16.9. The van der Waals surface area contributed by atoms with Crippen LogP contribution in [-0.2, 0) is 4.79 Å². The smallest absolute Gasteiger partial charge is 0.326 e. The van der Waals surface area contributed by atoms with Crippen LogP contribution in [0, 0.1) is 0 Å². The number of carbonyl (C=O) groups excluding carboxylic acids is 2. The Morgan fingerprint density at radius 3 is 2.61 bits per heavy atom. The molecule has 3 rings (SSSR count). The van der Waals surface area contributed by atoms with Crippen molar-refractivity contribution in [2.24, 2.45) is 0 Å². The molecule has 2 aliphatic heterocycles. The quantitative estimate of drug-likeness (QED) is 0.612. The molecule has 1 atom stereocenters. The number of halogens is 1. The third-order valence-corrected chi connectivity index (χ3v) is 5.10. The van der Waals surface area contributed by atoms with Gasteiger partial charge in [-0.1, -0.05) is 18.5 Å². The Balaban J connectivity index is 2.06. The molecule has 1 aromatic carbocycles. The van der Waals surface area contributed by atoms with Crippen molar-refractivity contribution in [3.05, 3.63) is 34.0 Å². The number of carbonyl (C=O) groups is 2. The van der Waals surface area contributed by atoms with E-state index in [-0.39, 0.29) is 11.2 Å². The van der Waals surface area contributed by atoms with Gasteiger partial charge in [-0.15, -0.1) is 0 Å². The minimum atomic E-state index is -0.509. The van der Waals surface area contributed by atoms with E-state index in [0.29, 0.717) is 10.9 Å². The molecule has 1 saturated heterocycles. The molecule has 1 aromatic rings. The lowest BCUT2D eigenvalue weighted by atomic mass is 9.80. The molecule has 122 valence electrons. The highest BCUT2D eigenvalue weighted by Crippen LogP contribution is 2.44. The second kappa shape index (κ2) is 5.27. The average Bonchev–Trinajstić information content (AvgIpc) is 2.76. The van der Waals surface area contributed by atoms with Crippen LogP contribution in [0.5, 0.6) is 0 Å². The standard InChI is InChI=1S/C17H20ClN3O2/c1-9-8-17(2,3)21(4)14-7-12(18)10(5-11(9)14)6-13-15(22)20-16(23)19-13/h5-7,9H,8H2,1-4H3,(H2,19,20,22,23)/b13-6+/t9-/m1/s1. The first-order valence-electron chi connectivity index (χ1n) is 7.60. The molecular weight excluding hydrogens is 314 g/mol. The summed E-state index contributed by atoms with van der Waals surface area (Å²) in [6.07, 6.45) is 2.65. The monoisotopic (exact) mass is 333 g/mol. The van der Waals surface area contributed by atoms with Gasteiger partial charge in [-0.2, -0.15) is 0 Å². The van der Waals surface area contributed by atoms with Crippen LogP contribution in [0.3, 0.4) is 0 Å². The normalized spacial score (nSPS) is 24.5. The molecule has 3 amide bonds. The molecule has 5 nitrogen and oxygen atoms in total. The fourth-order valence-corrected chi connectivity index (χ4v) is 3.57. The van der Waals surface area contributed by atoms with Gasteiger partial charge < -0.3 is 10.2 Å². The number of urea groups is 1. The van der Waals surface area contributed by atoms with Gasteiger partial charge in [-0.05, 0) is 55.5 Å². The van der Waals surface area contributed by atoms with Crippen molar-refractivity contribution in [3.8, 4) is 0 Å². The molecule has 2 aliphatic rings. The maximum Gasteiger partial charge on any atom is 0.326 e. The van der Waals surface area contributed by atoms with E-state index in [1.54, 1.807) is 6.08 Å². The maximum atomic E-state index is 11.7. The summed E-state index contributed by atoms with van der Waals surface area (Å²) in [4.78, 5) is 25.1. The van der Waals surface area contributed by atoms with Crippen molar-refractivity contribution < 1.29 is 9.59 Å². The molecule has 0 bridgehead atoms. The fraction of sp³-hybridized carbons (Fsp3) is 0.412. The summed E-state index contributed by atoms with van der Waals surface area (Å²) in [7, 11) is 2.07. The Bertz CT molecular complexity index is 740. The Hall–Kier alpha value is -2.01. The predicted molar refractivity (Wildman–Crippen MR) is 91.6 cm³/mol. The van der Waals surface area contributed by atoms with Crippen LogP contribution < -0.4 is 15.5 Å². The number of benzene rings is 1. The molecule has 0 spiro atoms. The molecule has 0 saturated carbocycles. The van der Waals surface area contributed by atoms with Gasteiger partial charge in [0, 0.05) is 23.3 Å². The van der Waals surface area contributed by atoms with E-state index < -0.39 is 11.9 Å². The number of nitrogens with zero attached hydrogens (tertiary/aromatic N) is 1. The predicted octanol–water partition coefficient (Wildman–Crippen LogP) is 3.24. The van der Waals surface area contributed by atoms with E-state index in [0.717, 1.165) is 17.7 Å². The zero-order valence-electron chi connectivity index (χ0n) is 13.7. The van der Waals surface area contributed by atoms with Crippen LogP contribution in [0.1, 0.15) is 44.2 Å². The second-order valence-electron chi connectivity index (χ2n) is 6.88. The lowest BCUT2D eigenvalue weighted by Gasteiger charge is -2.45. The van der Waals surface area contributed by atoms with E-state index in [9.17, 15) is 9.59 Å². The highest BCUT2D eigenvalue weighted by molar-refractivity contribution is 6.32. The summed E-state index contributed by atoms with van der Waals surface area (Å²) >= 11 is 6.41. The number of imide groups is 1. The number of hydrogen-bond donors (Lipinski definition) is 2. The van der Waals surface area contributed by atoms with E-state index in [4.69, 9.17) is 11.6 Å². The Kier molecular flexibility index (Phi) is 3.64. The van der Waals surface area contributed by atoms with Gasteiger partial charge in [-0.3, -0.25) is 10.1 Å². The topological polar surface area (TPSA) is 61.4 Å². The van der Waals surface area contributed by atoms with Crippen LogP contribution >= 0.6 is 11.6 Å². The second-order valence-corrected chi connectivity index (χ2v) is 7.28. The first-order chi connectivity index (χ1) is 10.7. The van der Waals surface area contributed by atoms with Crippen LogP contribution in [0.15, 0.2) is 17.8 Å². The minimum Gasteiger partial charge on any atom is -0.369 e. The van der Waals surface area contributed by atoms with E-state index >= 15 is 0 Å². The summed E-state index contributed by atoms with van der Waals surface area (Å²) in [5, 5.41) is 5.23. The number of amides is 3. The van der Waals surface area contributed by atoms with Gasteiger partial charge in [0.05, 0.1) is 0 Å². The molecule has 0 radical (unpaired) electrons. The van der Waals surface area contributed by atoms with Crippen molar-refractivity contribution in [2.45, 2.75) is 38.6 Å². The first-order valence-corrected chi connectivity index (χ1v) is 7.98. The number of hydrogen-bond acceptors (Lipinski definition) is 3. The molecule has 0 unspecified atom stereocenters. The average molecular weight is 334 g/mol. The van der Waals surface area contributed by atoms with Crippen molar-refractivity contribution >= 4 is 35.3 Å². The van der Waals surface area contributed by atoms with Crippen molar-refractivity contribution in [2.75, 3.05) is 11.9 Å². The van der Waals surface area contributed by atoms with Crippen LogP contribution in [-0.4, -0.2) is 24.5 Å². The van der Waals surface area contributed by atoms with Gasteiger partial charge >= 0.3 is 6.03 Å². The summed E-state index contributed by atoms with van der Waals surface area (Å²) in [5.41, 5.74) is 3.33. The highest BCUT2D eigenvalue weighted by atomic mass is 35.5. The van der Waals surface area contributed by atoms with E-state index in [2.05, 4.69) is 43.4 Å².